The Morgan fingerprint density at radius 2 is 1.72 bits per heavy atom. The topological polar surface area (TPSA) is 67.9 Å². The molecule has 0 spiro atoms. The van der Waals surface area contributed by atoms with Gasteiger partial charge in [-0.1, -0.05) is 54.6 Å². The van der Waals surface area contributed by atoms with Crippen LogP contribution in [-0.4, -0.2) is 36.6 Å². The number of anilines is 1. The lowest BCUT2D eigenvalue weighted by atomic mass is 10.0. The van der Waals surface area contributed by atoms with Crippen LogP contribution in [0.4, 0.5) is 10.5 Å². The number of hydrogen-bond donors (Lipinski definition) is 1. The van der Waals surface area contributed by atoms with E-state index >= 15 is 0 Å². The number of carbonyl (C=O) groups excluding carboxylic acids is 2. The first-order valence-corrected chi connectivity index (χ1v) is 10.7. The van der Waals surface area contributed by atoms with E-state index < -0.39 is 12.1 Å². The minimum atomic E-state index is -0.543. The number of nitrogens with one attached hydrogen (secondary N) is 1. The lowest BCUT2D eigenvalue weighted by molar-refractivity contribution is -0.120. The van der Waals surface area contributed by atoms with E-state index in [-0.39, 0.29) is 12.5 Å². The number of likely N-dealkylation sites (tertiary alicyclic amines) is 1. The summed E-state index contributed by atoms with van der Waals surface area (Å²) in [5, 5.41) is 2.96. The van der Waals surface area contributed by atoms with E-state index in [1.807, 2.05) is 78.9 Å². The fourth-order valence-electron chi connectivity index (χ4n) is 3.86. The van der Waals surface area contributed by atoms with Gasteiger partial charge < -0.3 is 14.8 Å². The summed E-state index contributed by atoms with van der Waals surface area (Å²) in [6, 6.07) is 24.4. The van der Waals surface area contributed by atoms with Crippen molar-refractivity contribution >= 4 is 17.7 Å². The highest BCUT2D eigenvalue weighted by atomic mass is 16.6. The average molecular weight is 431 g/mol. The average Bonchev–Trinajstić information content (AvgIpc) is 3.34. The molecule has 0 radical (unpaired) electrons. The maximum absolute atomic E-state index is 13.0. The molecule has 6 nitrogen and oxygen atoms in total. The molecule has 1 unspecified atom stereocenters. The third-order valence-corrected chi connectivity index (χ3v) is 5.53. The van der Waals surface area contributed by atoms with Gasteiger partial charge in [0.05, 0.1) is 7.11 Å². The minimum Gasteiger partial charge on any atom is -0.497 e. The van der Waals surface area contributed by atoms with E-state index in [0.717, 1.165) is 28.9 Å². The number of ether oxygens (including phenoxy) is 2. The molecule has 1 saturated heterocycles. The quantitative estimate of drug-likeness (QED) is 0.591. The number of hydrogen-bond acceptors (Lipinski definition) is 4. The number of methoxy groups -OCH3 is 1. The fourth-order valence-corrected chi connectivity index (χ4v) is 3.86. The van der Waals surface area contributed by atoms with Crippen LogP contribution in [-0.2, 0) is 16.1 Å². The predicted molar refractivity (Wildman–Crippen MR) is 123 cm³/mol. The van der Waals surface area contributed by atoms with Crippen LogP contribution in [0.3, 0.4) is 0 Å². The van der Waals surface area contributed by atoms with E-state index in [0.29, 0.717) is 18.7 Å². The van der Waals surface area contributed by atoms with Crippen LogP contribution < -0.4 is 10.1 Å². The van der Waals surface area contributed by atoms with Crippen molar-refractivity contribution in [3.8, 4) is 16.9 Å². The normalized spacial score (nSPS) is 15.3. The summed E-state index contributed by atoms with van der Waals surface area (Å²) in [6.07, 6.45) is 0.918. The van der Waals surface area contributed by atoms with Crippen molar-refractivity contribution in [2.75, 3.05) is 19.0 Å². The first-order chi connectivity index (χ1) is 15.6. The fraction of sp³-hybridized carbons (Fsp3) is 0.231. The number of carbonyl (C=O) groups is 2. The van der Waals surface area contributed by atoms with Gasteiger partial charge in [0.2, 0.25) is 5.91 Å². The summed E-state index contributed by atoms with van der Waals surface area (Å²) < 4.78 is 10.7. The van der Waals surface area contributed by atoms with Gasteiger partial charge in [0.15, 0.2) is 0 Å². The zero-order chi connectivity index (χ0) is 22.3. The molecule has 0 bridgehead atoms. The molecule has 3 aromatic rings. The third kappa shape index (κ3) is 5.09. The standard InChI is InChI=1S/C26H26N2O4/c1-31-23-13-6-11-21(17-23)20-10-5-12-22(16-20)27-25(29)24-14-7-15-28(24)26(30)32-18-19-8-3-2-4-9-19/h2-6,8-13,16-17,24H,7,14-15,18H2,1H3,(H,27,29). The van der Waals surface area contributed by atoms with Crippen molar-refractivity contribution in [1.29, 1.82) is 0 Å². The van der Waals surface area contributed by atoms with Gasteiger partial charge in [-0.05, 0) is 53.8 Å². The second kappa shape index (κ2) is 10.0. The monoisotopic (exact) mass is 430 g/mol. The molecule has 3 aromatic carbocycles. The summed E-state index contributed by atoms with van der Waals surface area (Å²) in [6.45, 7) is 0.697. The Hall–Kier alpha value is -3.80. The van der Waals surface area contributed by atoms with Crippen LogP contribution in [0.15, 0.2) is 78.9 Å². The van der Waals surface area contributed by atoms with Gasteiger partial charge in [-0.2, -0.15) is 0 Å². The Morgan fingerprint density at radius 1 is 0.969 bits per heavy atom. The van der Waals surface area contributed by atoms with E-state index in [4.69, 9.17) is 9.47 Å². The Balaban J connectivity index is 1.41. The smallest absolute Gasteiger partial charge is 0.410 e. The SMILES string of the molecule is COc1cccc(-c2cccc(NC(=O)C3CCCN3C(=O)OCc3ccccc3)c2)c1. The Morgan fingerprint density at radius 3 is 2.50 bits per heavy atom. The van der Waals surface area contributed by atoms with Crippen LogP contribution in [0.25, 0.3) is 11.1 Å². The van der Waals surface area contributed by atoms with Gasteiger partial charge in [-0.15, -0.1) is 0 Å². The molecule has 1 aliphatic rings. The molecule has 1 N–H and O–H groups in total. The Bertz CT molecular complexity index is 1080. The summed E-state index contributed by atoms with van der Waals surface area (Å²) in [5.74, 6) is 0.564. The summed E-state index contributed by atoms with van der Waals surface area (Å²) in [7, 11) is 1.63. The molecule has 1 fully saturated rings. The molecule has 6 heteroatoms. The van der Waals surface area contributed by atoms with Crippen molar-refractivity contribution in [2.45, 2.75) is 25.5 Å². The predicted octanol–water partition coefficient (Wildman–Crippen LogP) is 5.10. The maximum Gasteiger partial charge on any atom is 0.410 e. The summed E-state index contributed by atoms with van der Waals surface area (Å²) in [5.41, 5.74) is 3.55. The molecule has 2 amide bonds. The Labute approximate surface area is 187 Å². The molecule has 164 valence electrons. The molecular weight excluding hydrogens is 404 g/mol. The van der Waals surface area contributed by atoms with Gasteiger partial charge in [0, 0.05) is 12.2 Å². The molecule has 32 heavy (non-hydrogen) atoms. The number of rotatable bonds is 6. The second-order valence-corrected chi connectivity index (χ2v) is 7.69. The first-order valence-electron chi connectivity index (χ1n) is 10.7. The highest BCUT2D eigenvalue weighted by Gasteiger charge is 2.35. The van der Waals surface area contributed by atoms with E-state index in [2.05, 4.69) is 5.32 Å². The van der Waals surface area contributed by atoms with Crippen molar-refractivity contribution < 1.29 is 19.1 Å². The highest BCUT2D eigenvalue weighted by molar-refractivity contribution is 5.97. The maximum atomic E-state index is 13.0. The van der Waals surface area contributed by atoms with Crippen LogP contribution in [0.5, 0.6) is 5.75 Å². The highest BCUT2D eigenvalue weighted by Crippen LogP contribution is 2.27. The van der Waals surface area contributed by atoms with Crippen molar-refractivity contribution in [3.63, 3.8) is 0 Å². The summed E-state index contributed by atoms with van der Waals surface area (Å²) in [4.78, 5) is 27.1. The van der Waals surface area contributed by atoms with Crippen LogP contribution in [0.1, 0.15) is 18.4 Å². The molecular formula is C26H26N2O4. The molecule has 0 saturated carbocycles. The van der Waals surface area contributed by atoms with Crippen molar-refractivity contribution in [1.82, 2.24) is 4.90 Å². The van der Waals surface area contributed by atoms with Crippen LogP contribution in [0, 0.1) is 0 Å². The Kier molecular flexibility index (Phi) is 6.70. The molecule has 4 rings (SSSR count). The molecule has 1 atom stereocenters. The number of nitrogens with zero attached hydrogens (tertiary/aromatic N) is 1. The lowest BCUT2D eigenvalue weighted by Crippen LogP contribution is -2.43. The minimum absolute atomic E-state index is 0.188. The van der Waals surface area contributed by atoms with E-state index in [9.17, 15) is 9.59 Å². The molecule has 1 heterocycles. The molecule has 0 aliphatic carbocycles. The van der Waals surface area contributed by atoms with Gasteiger partial charge >= 0.3 is 6.09 Å². The molecule has 1 aliphatic heterocycles. The number of amides is 2. The van der Waals surface area contributed by atoms with Gasteiger partial charge in [0.25, 0.3) is 0 Å². The van der Waals surface area contributed by atoms with E-state index in [1.54, 1.807) is 7.11 Å². The number of benzene rings is 3. The summed E-state index contributed by atoms with van der Waals surface area (Å²) >= 11 is 0. The first kappa shape index (κ1) is 21.4. The zero-order valence-corrected chi connectivity index (χ0v) is 18.0. The van der Waals surface area contributed by atoms with Gasteiger partial charge in [-0.3, -0.25) is 9.69 Å². The lowest BCUT2D eigenvalue weighted by Gasteiger charge is -2.23. The largest absolute Gasteiger partial charge is 0.497 e. The second-order valence-electron chi connectivity index (χ2n) is 7.69. The zero-order valence-electron chi connectivity index (χ0n) is 18.0. The van der Waals surface area contributed by atoms with E-state index in [1.165, 1.54) is 4.90 Å². The van der Waals surface area contributed by atoms with Gasteiger partial charge in [-0.25, -0.2) is 4.79 Å². The van der Waals surface area contributed by atoms with Crippen LogP contribution >= 0.6 is 0 Å². The van der Waals surface area contributed by atoms with Crippen molar-refractivity contribution in [2.24, 2.45) is 0 Å². The van der Waals surface area contributed by atoms with Crippen molar-refractivity contribution in [3.05, 3.63) is 84.4 Å². The molecule has 0 aromatic heterocycles. The third-order valence-electron chi connectivity index (χ3n) is 5.53. The van der Waals surface area contributed by atoms with Gasteiger partial charge in [0.1, 0.15) is 18.4 Å². The van der Waals surface area contributed by atoms with Crippen LogP contribution in [0.2, 0.25) is 0 Å².